The van der Waals surface area contributed by atoms with Gasteiger partial charge >= 0.3 is 11.6 Å². The molecule has 38 heavy (non-hydrogen) atoms. The first kappa shape index (κ1) is 26.0. The third-order valence-corrected chi connectivity index (χ3v) is 6.06. The second-order valence-electron chi connectivity index (χ2n) is 8.57. The number of anilines is 1. The number of amides is 2. The number of hydrazine groups is 1. The number of nitro groups is 1. The maximum absolute atomic E-state index is 12.7. The van der Waals surface area contributed by atoms with Crippen molar-refractivity contribution >= 4 is 23.2 Å². The molecule has 10 heteroatoms. The quantitative estimate of drug-likeness (QED) is 0.183. The van der Waals surface area contributed by atoms with Gasteiger partial charge < -0.3 is 14.8 Å². The zero-order valence-corrected chi connectivity index (χ0v) is 20.7. The first-order valence-corrected chi connectivity index (χ1v) is 11.9. The Labute approximate surface area is 218 Å². The van der Waals surface area contributed by atoms with E-state index in [-0.39, 0.29) is 17.4 Å². The van der Waals surface area contributed by atoms with Crippen LogP contribution in [0.2, 0.25) is 0 Å². The lowest BCUT2D eigenvalue weighted by Crippen LogP contribution is -2.41. The van der Waals surface area contributed by atoms with Gasteiger partial charge in [0.15, 0.2) is 5.75 Å². The monoisotopic (exact) mass is 514 g/mol. The van der Waals surface area contributed by atoms with E-state index in [2.05, 4.69) is 54.3 Å². The minimum Gasteiger partial charge on any atom is -0.502 e. The van der Waals surface area contributed by atoms with Gasteiger partial charge in [0.05, 0.1) is 11.2 Å². The van der Waals surface area contributed by atoms with Crippen LogP contribution in [0.25, 0.3) is 11.1 Å². The minimum absolute atomic E-state index is 0.0212. The van der Waals surface area contributed by atoms with Crippen molar-refractivity contribution in [1.29, 1.82) is 0 Å². The van der Waals surface area contributed by atoms with E-state index in [1.165, 1.54) is 23.5 Å². The molecule has 0 aliphatic heterocycles. The molecule has 4 rings (SSSR count). The number of benzene rings is 3. The predicted molar refractivity (Wildman–Crippen MR) is 142 cm³/mol. The molecular formula is C28H26N4O6. The van der Waals surface area contributed by atoms with E-state index < -0.39 is 28.2 Å². The maximum atomic E-state index is 12.7. The number of hydrogen-bond acceptors (Lipinski definition) is 7. The van der Waals surface area contributed by atoms with E-state index in [4.69, 9.17) is 4.42 Å². The third kappa shape index (κ3) is 5.81. The van der Waals surface area contributed by atoms with Gasteiger partial charge in [-0.25, -0.2) is 0 Å². The van der Waals surface area contributed by atoms with Crippen LogP contribution in [0, 0.1) is 10.1 Å². The number of nitrogens with one attached hydrogen (secondary N) is 3. The van der Waals surface area contributed by atoms with Crippen LogP contribution in [0.3, 0.4) is 0 Å². The van der Waals surface area contributed by atoms with E-state index in [9.17, 15) is 24.8 Å². The number of aromatic hydroxyl groups is 1. The fraction of sp³-hybridized carbons (Fsp3) is 0.143. The van der Waals surface area contributed by atoms with Crippen LogP contribution in [0.4, 0.5) is 11.4 Å². The molecule has 1 unspecified atom stereocenters. The number of carbonyl (C=O) groups is 2. The Balaban J connectivity index is 1.40. The van der Waals surface area contributed by atoms with Gasteiger partial charge in [-0.1, -0.05) is 43.3 Å². The first-order chi connectivity index (χ1) is 18.3. The largest absolute Gasteiger partial charge is 0.502 e. The van der Waals surface area contributed by atoms with E-state index >= 15 is 0 Å². The number of phenols is 1. The number of carbonyl (C=O) groups excluding carboxylic acids is 2. The Bertz CT molecular complexity index is 1460. The van der Waals surface area contributed by atoms with Crippen LogP contribution in [-0.2, 0) is 6.42 Å². The summed E-state index contributed by atoms with van der Waals surface area (Å²) < 4.78 is 5.36. The molecule has 1 aromatic heterocycles. The van der Waals surface area contributed by atoms with Crippen molar-refractivity contribution in [2.24, 2.45) is 0 Å². The normalized spacial score (nSPS) is 11.4. The van der Waals surface area contributed by atoms with Crippen molar-refractivity contribution in [2.75, 3.05) is 5.32 Å². The highest BCUT2D eigenvalue weighted by Crippen LogP contribution is 2.28. The predicted octanol–water partition coefficient (Wildman–Crippen LogP) is 5.37. The molecule has 0 aliphatic rings. The molecule has 3 aromatic carbocycles. The van der Waals surface area contributed by atoms with Gasteiger partial charge in [-0.3, -0.25) is 30.6 Å². The molecule has 1 heterocycles. The molecule has 1 atom stereocenters. The molecule has 0 spiro atoms. The SMILES string of the molecule is CCc1ccc(C(C)Nc2ccc(-c3ccoc3C(=O)NNC(=O)c3ccc(O)c([N+](=O)[O-])c3)cc2)cc1. The molecule has 0 saturated heterocycles. The smallest absolute Gasteiger partial charge is 0.311 e. The number of aryl methyl sites for hydroxylation is 1. The van der Waals surface area contributed by atoms with Gasteiger partial charge in [-0.05, 0) is 60.4 Å². The summed E-state index contributed by atoms with van der Waals surface area (Å²) in [4.78, 5) is 35.2. The van der Waals surface area contributed by atoms with Crippen LogP contribution >= 0.6 is 0 Å². The van der Waals surface area contributed by atoms with Crippen molar-refractivity contribution in [3.8, 4) is 16.9 Å². The Hall–Kier alpha value is -5.12. The van der Waals surface area contributed by atoms with Crippen molar-refractivity contribution in [2.45, 2.75) is 26.3 Å². The van der Waals surface area contributed by atoms with Gasteiger partial charge in [-0.15, -0.1) is 0 Å². The molecule has 0 fully saturated rings. The highest BCUT2D eigenvalue weighted by Gasteiger charge is 2.20. The summed E-state index contributed by atoms with van der Waals surface area (Å²) in [7, 11) is 0. The number of nitro benzene ring substituents is 1. The molecule has 4 N–H and O–H groups in total. The average molecular weight is 515 g/mol. The van der Waals surface area contributed by atoms with E-state index in [0.29, 0.717) is 5.56 Å². The second-order valence-corrected chi connectivity index (χ2v) is 8.57. The lowest BCUT2D eigenvalue weighted by molar-refractivity contribution is -0.385. The molecule has 0 bridgehead atoms. The summed E-state index contributed by atoms with van der Waals surface area (Å²) in [6.07, 6.45) is 2.36. The number of nitrogens with zero attached hydrogens (tertiary/aromatic N) is 1. The Morgan fingerprint density at radius 1 is 0.974 bits per heavy atom. The molecule has 0 saturated carbocycles. The summed E-state index contributed by atoms with van der Waals surface area (Å²) in [6, 6.07) is 20.9. The van der Waals surface area contributed by atoms with Gasteiger partial charge in [0.2, 0.25) is 5.76 Å². The summed E-state index contributed by atoms with van der Waals surface area (Å²) in [6.45, 7) is 4.20. The number of furan rings is 1. The number of phenolic OH excluding ortho intramolecular Hbond substituents is 1. The Morgan fingerprint density at radius 2 is 1.66 bits per heavy atom. The maximum Gasteiger partial charge on any atom is 0.311 e. The lowest BCUT2D eigenvalue weighted by Gasteiger charge is -2.16. The van der Waals surface area contributed by atoms with Crippen molar-refractivity contribution < 1.29 is 24.0 Å². The van der Waals surface area contributed by atoms with Gasteiger partial charge in [0, 0.05) is 28.9 Å². The van der Waals surface area contributed by atoms with Crippen LogP contribution in [0.1, 0.15) is 51.9 Å². The van der Waals surface area contributed by atoms with Gasteiger partial charge in [-0.2, -0.15) is 0 Å². The third-order valence-electron chi connectivity index (χ3n) is 6.06. The molecule has 10 nitrogen and oxygen atoms in total. The summed E-state index contributed by atoms with van der Waals surface area (Å²) in [5.41, 5.74) is 8.31. The van der Waals surface area contributed by atoms with Gasteiger partial charge in [0.25, 0.3) is 5.91 Å². The standard InChI is InChI=1S/C28H26N4O6/c1-3-18-4-6-19(7-5-18)17(2)29-22-11-8-20(9-12-22)23-14-15-38-26(23)28(35)31-30-27(34)21-10-13-25(33)24(16-21)32(36)37/h4-17,29,33H,3H2,1-2H3,(H,30,34)(H,31,35). The highest BCUT2D eigenvalue weighted by atomic mass is 16.6. The Morgan fingerprint density at radius 3 is 2.32 bits per heavy atom. The van der Waals surface area contributed by atoms with Crippen molar-refractivity contribution in [3.05, 3.63) is 112 Å². The topological polar surface area (TPSA) is 147 Å². The molecule has 0 aliphatic carbocycles. The van der Waals surface area contributed by atoms with E-state index in [1.807, 2.05) is 24.3 Å². The van der Waals surface area contributed by atoms with E-state index in [0.717, 1.165) is 29.8 Å². The molecular weight excluding hydrogens is 488 g/mol. The average Bonchev–Trinajstić information content (AvgIpc) is 3.42. The second kappa shape index (κ2) is 11.3. The summed E-state index contributed by atoms with van der Waals surface area (Å²) in [5.74, 6) is -2.11. The zero-order valence-electron chi connectivity index (χ0n) is 20.7. The Kier molecular flexibility index (Phi) is 7.72. The lowest BCUT2D eigenvalue weighted by atomic mass is 10.0. The summed E-state index contributed by atoms with van der Waals surface area (Å²) in [5, 5.41) is 24.0. The highest BCUT2D eigenvalue weighted by molar-refractivity contribution is 6.01. The fourth-order valence-corrected chi connectivity index (χ4v) is 3.89. The van der Waals surface area contributed by atoms with Crippen LogP contribution in [-0.4, -0.2) is 21.8 Å². The van der Waals surface area contributed by atoms with Crippen LogP contribution < -0.4 is 16.2 Å². The fourth-order valence-electron chi connectivity index (χ4n) is 3.89. The van der Waals surface area contributed by atoms with Gasteiger partial charge in [0.1, 0.15) is 0 Å². The zero-order chi connectivity index (χ0) is 27.2. The van der Waals surface area contributed by atoms with Crippen LogP contribution in [0.5, 0.6) is 5.75 Å². The number of hydrogen-bond donors (Lipinski definition) is 4. The number of rotatable bonds is 8. The minimum atomic E-state index is -0.815. The molecule has 2 amide bonds. The summed E-state index contributed by atoms with van der Waals surface area (Å²) >= 11 is 0. The van der Waals surface area contributed by atoms with E-state index in [1.54, 1.807) is 6.07 Å². The molecule has 4 aromatic rings. The van der Waals surface area contributed by atoms with Crippen LogP contribution in [0.15, 0.2) is 83.5 Å². The molecule has 194 valence electrons. The molecule has 0 radical (unpaired) electrons. The van der Waals surface area contributed by atoms with Crippen molar-refractivity contribution in [3.63, 3.8) is 0 Å². The van der Waals surface area contributed by atoms with Crippen molar-refractivity contribution in [1.82, 2.24) is 10.9 Å². The first-order valence-electron chi connectivity index (χ1n) is 11.9.